The molecule has 0 aromatic rings. The Kier molecular flexibility index (Phi) is 6.62. The van der Waals surface area contributed by atoms with Crippen molar-refractivity contribution >= 4 is 16.1 Å². The molecule has 1 unspecified atom stereocenters. The highest BCUT2D eigenvalue weighted by molar-refractivity contribution is 7.83. The summed E-state index contributed by atoms with van der Waals surface area (Å²) in [6, 6.07) is 0. The maximum Gasteiger partial charge on any atom is 0.267 e. The minimum atomic E-state index is -4.47. The molecule has 0 spiro atoms. The van der Waals surface area contributed by atoms with E-state index in [0.29, 0.717) is 25.5 Å². The van der Waals surface area contributed by atoms with Crippen molar-refractivity contribution in [3.05, 3.63) is 0 Å². The SMILES string of the molecule is CCCCC(C)(CCC)C1=[N+](CCN)CCN1S(=O)(=O)[O-]. The predicted molar refractivity (Wildman–Crippen MR) is 83.0 cm³/mol. The van der Waals surface area contributed by atoms with Gasteiger partial charge in [-0.3, -0.25) is 4.58 Å². The molecule has 1 atom stereocenters. The van der Waals surface area contributed by atoms with Crippen LogP contribution in [0.15, 0.2) is 0 Å². The fourth-order valence-electron chi connectivity index (χ4n) is 3.32. The molecule has 6 nitrogen and oxygen atoms in total. The molecule has 0 aromatic carbocycles. The van der Waals surface area contributed by atoms with Crippen LogP contribution in [0.25, 0.3) is 0 Å². The van der Waals surface area contributed by atoms with Gasteiger partial charge in [-0.2, -0.15) is 12.7 Å². The van der Waals surface area contributed by atoms with Crippen LogP contribution in [-0.2, 0) is 10.3 Å². The lowest BCUT2D eigenvalue weighted by Crippen LogP contribution is -2.46. The average Bonchev–Trinajstić information content (AvgIpc) is 2.82. The molecule has 1 heterocycles. The van der Waals surface area contributed by atoms with E-state index in [0.717, 1.165) is 36.4 Å². The summed E-state index contributed by atoms with van der Waals surface area (Å²) in [6.07, 6.45) is 4.78. The molecular formula is C14H29N3O3S. The summed E-state index contributed by atoms with van der Waals surface area (Å²) in [7, 11) is -4.47. The monoisotopic (exact) mass is 319 g/mol. The Morgan fingerprint density at radius 2 is 2.00 bits per heavy atom. The fraction of sp³-hybridized carbons (Fsp3) is 0.929. The van der Waals surface area contributed by atoms with Gasteiger partial charge in [-0.25, -0.2) is 0 Å². The van der Waals surface area contributed by atoms with Gasteiger partial charge in [0.2, 0.25) is 0 Å². The van der Waals surface area contributed by atoms with E-state index in [9.17, 15) is 13.0 Å². The van der Waals surface area contributed by atoms with Crippen molar-refractivity contribution in [3.63, 3.8) is 0 Å². The van der Waals surface area contributed by atoms with Gasteiger partial charge in [-0.15, -0.1) is 0 Å². The zero-order valence-corrected chi connectivity index (χ0v) is 14.3. The van der Waals surface area contributed by atoms with Crippen molar-refractivity contribution in [3.8, 4) is 0 Å². The lowest BCUT2D eigenvalue weighted by molar-refractivity contribution is -0.519. The Hall–Kier alpha value is -0.660. The second kappa shape index (κ2) is 7.56. The van der Waals surface area contributed by atoms with Crippen molar-refractivity contribution in [1.29, 1.82) is 0 Å². The van der Waals surface area contributed by atoms with Gasteiger partial charge in [-0.05, 0) is 19.8 Å². The smallest absolute Gasteiger partial charge is 0.267 e. The molecule has 0 fully saturated rings. The molecule has 21 heavy (non-hydrogen) atoms. The summed E-state index contributed by atoms with van der Waals surface area (Å²) in [4.78, 5) is 0. The summed E-state index contributed by atoms with van der Waals surface area (Å²) in [6.45, 7) is 8.12. The molecule has 0 aromatic heterocycles. The maximum atomic E-state index is 11.6. The first-order valence-corrected chi connectivity index (χ1v) is 9.22. The number of rotatable bonds is 9. The van der Waals surface area contributed by atoms with Crippen molar-refractivity contribution in [2.75, 3.05) is 26.2 Å². The Labute approximate surface area is 128 Å². The predicted octanol–water partition coefficient (Wildman–Crippen LogP) is 1.13. The van der Waals surface area contributed by atoms with Crippen LogP contribution in [0.4, 0.5) is 0 Å². The van der Waals surface area contributed by atoms with Gasteiger partial charge in [0.1, 0.15) is 13.1 Å². The van der Waals surface area contributed by atoms with E-state index in [2.05, 4.69) is 20.8 Å². The van der Waals surface area contributed by atoms with Gasteiger partial charge in [0.15, 0.2) is 0 Å². The summed E-state index contributed by atoms with van der Waals surface area (Å²) in [5.74, 6) is 0.665. The first-order chi connectivity index (χ1) is 9.80. The fourth-order valence-corrected chi connectivity index (χ4v) is 4.18. The van der Waals surface area contributed by atoms with Crippen molar-refractivity contribution < 1.29 is 17.5 Å². The Morgan fingerprint density at radius 1 is 1.33 bits per heavy atom. The van der Waals surface area contributed by atoms with Gasteiger partial charge >= 0.3 is 0 Å². The molecule has 124 valence electrons. The van der Waals surface area contributed by atoms with Crippen LogP contribution in [0.5, 0.6) is 0 Å². The second-order valence-electron chi connectivity index (χ2n) is 6.04. The first-order valence-electron chi connectivity index (χ1n) is 7.86. The topological polar surface area (TPSA) is 89.5 Å². The van der Waals surface area contributed by atoms with E-state index in [-0.39, 0.29) is 12.0 Å². The van der Waals surface area contributed by atoms with Crippen LogP contribution in [0.3, 0.4) is 0 Å². The number of amidine groups is 1. The van der Waals surface area contributed by atoms with Crippen molar-refractivity contribution in [1.82, 2.24) is 4.31 Å². The van der Waals surface area contributed by atoms with Crippen LogP contribution >= 0.6 is 0 Å². The van der Waals surface area contributed by atoms with Gasteiger partial charge in [-0.1, -0.05) is 33.1 Å². The van der Waals surface area contributed by atoms with E-state index in [1.165, 1.54) is 0 Å². The Morgan fingerprint density at radius 3 is 2.48 bits per heavy atom. The average molecular weight is 319 g/mol. The lowest BCUT2D eigenvalue weighted by Gasteiger charge is -2.31. The molecule has 2 N–H and O–H groups in total. The highest BCUT2D eigenvalue weighted by Crippen LogP contribution is 2.35. The molecule has 0 saturated carbocycles. The van der Waals surface area contributed by atoms with Gasteiger partial charge in [0, 0.05) is 6.54 Å². The number of hydrogen-bond acceptors (Lipinski definition) is 4. The maximum absolute atomic E-state index is 11.6. The van der Waals surface area contributed by atoms with Crippen LogP contribution in [-0.4, -0.2) is 53.9 Å². The minimum Gasteiger partial charge on any atom is -0.713 e. The standard InChI is InChI=1S/C14H29N3O3S/c1-4-6-8-14(3,7-5-2)13-16(10-9-15)11-12-17(13)21(18,19)20/h4-12,15H2,1-3H3. The number of unbranched alkanes of at least 4 members (excludes halogenated alkanes) is 1. The lowest BCUT2D eigenvalue weighted by atomic mass is 9.79. The molecule has 0 saturated heterocycles. The number of nitrogens with two attached hydrogens (primary N) is 1. The van der Waals surface area contributed by atoms with E-state index < -0.39 is 10.3 Å². The van der Waals surface area contributed by atoms with Crippen LogP contribution < -0.4 is 5.73 Å². The molecule has 0 amide bonds. The zero-order valence-electron chi connectivity index (χ0n) is 13.5. The summed E-state index contributed by atoms with van der Waals surface area (Å²) < 4.78 is 37.9. The van der Waals surface area contributed by atoms with Crippen molar-refractivity contribution in [2.45, 2.75) is 52.9 Å². The molecule has 0 aliphatic carbocycles. The molecule has 1 aliphatic heterocycles. The van der Waals surface area contributed by atoms with Crippen LogP contribution in [0, 0.1) is 5.41 Å². The Bertz CT molecular complexity index is 476. The largest absolute Gasteiger partial charge is 0.713 e. The highest BCUT2D eigenvalue weighted by atomic mass is 32.2. The third kappa shape index (κ3) is 4.40. The minimum absolute atomic E-state index is 0.243. The van der Waals surface area contributed by atoms with Crippen molar-refractivity contribution in [2.24, 2.45) is 11.1 Å². The zero-order chi connectivity index (χ0) is 16.1. The summed E-state index contributed by atoms with van der Waals surface area (Å²) in [5, 5.41) is 0. The summed E-state index contributed by atoms with van der Waals surface area (Å²) >= 11 is 0. The van der Waals surface area contributed by atoms with Gasteiger partial charge < -0.3 is 10.3 Å². The third-order valence-electron chi connectivity index (χ3n) is 4.20. The molecule has 0 radical (unpaired) electrons. The normalized spacial score (nSPS) is 19.2. The van der Waals surface area contributed by atoms with E-state index >= 15 is 0 Å². The number of nitrogens with zero attached hydrogens (tertiary/aromatic N) is 2. The first kappa shape index (κ1) is 18.4. The van der Waals surface area contributed by atoms with Gasteiger partial charge in [0.25, 0.3) is 16.1 Å². The molecular weight excluding hydrogens is 290 g/mol. The van der Waals surface area contributed by atoms with E-state index in [1.807, 2.05) is 4.58 Å². The number of hydrogen-bond donors (Lipinski definition) is 1. The molecule has 7 heteroatoms. The molecule has 0 bridgehead atoms. The van der Waals surface area contributed by atoms with Crippen LogP contribution in [0.2, 0.25) is 0 Å². The third-order valence-corrected chi connectivity index (χ3v) is 5.10. The quantitative estimate of drug-likeness (QED) is 0.509. The van der Waals surface area contributed by atoms with Crippen LogP contribution in [0.1, 0.15) is 52.9 Å². The highest BCUT2D eigenvalue weighted by Gasteiger charge is 2.46. The Balaban J connectivity index is 3.26. The van der Waals surface area contributed by atoms with E-state index in [4.69, 9.17) is 5.73 Å². The second-order valence-corrected chi connectivity index (χ2v) is 7.34. The van der Waals surface area contributed by atoms with Gasteiger partial charge in [0.05, 0.1) is 12.0 Å². The molecule has 1 aliphatic rings. The van der Waals surface area contributed by atoms with E-state index in [1.54, 1.807) is 0 Å². The summed E-state index contributed by atoms with van der Waals surface area (Å²) in [5.41, 5.74) is 5.36. The molecule has 1 rings (SSSR count).